The van der Waals surface area contributed by atoms with Crippen LogP contribution in [0.2, 0.25) is 0 Å². The summed E-state index contributed by atoms with van der Waals surface area (Å²) in [5.41, 5.74) is 0.844. The predicted octanol–water partition coefficient (Wildman–Crippen LogP) is 1.95. The van der Waals surface area contributed by atoms with E-state index in [0.717, 1.165) is 0 Å². The van der Waals surface area contributed by atoms with Crippen molar-refractivity contribution in [2.24, 2.45) is 0 Å². The van der Waals surface area contributed by atoms with Crippen molar-refractivity contribution in [1.29, 1.82) is 0 Å². The second-order valence-corrected chi connectivity index (χ2v) is 6.85. The molecule has 0 radical (unpaired) electrons. The first kappa shape index (κ1) is 15.2. The molecule has 1 heterocycles. The number of likely N-dealkylation sites (N-methyl/N-ethyl adjacent to an activating group) is 1. The third-order valence-corrected chi connectivity index (χ3v) is 5.13. The number of carbonyl (C=O) groups excluding carboxylic acids is 1. The maximum Gasteiger partial charge on any atom is 0.229 e. The van der Waals surface area contributed by atoms with Gasteiger partial charge in [-0.3, -0.25) is 4.79 Å². The standard InChI is InChI=1S/C16H14N2O4S/c1-17-15(19)10-16-18-13-9-12(7-8-14(13)22-16)23(20,21)11-5-3-2-4-6-11/h2-9H,10H2,1H3,(H,17,19). The van der Waals surface area contributed by atoms with E-state index in [9.17, 15) is 13.2 Å². The Kier molecular flexibility index (Phi) is 3.87. The summed E-state index contributed by atoms with van der Waals surface area (Å²) in [6.45, 7) is 0. The highest BCUT2D eigenvalue weighted by molar-refractivity contribution is 7.91. The molecule has 0 aliphatic carbocycles. The van der Waals surface area contributed by atoms with Crippen LogP contribution in [0, 0.1) is 0 Å². The van der Waals surface area contributed by atoms with Gasteiger partial charge in [0.05, 0.1) is 9.79 Å². The Labute approximate surface area is 133 Å². The van der Waals surface area contributed by atoms with Crippen molar-refractivity contribution >= 4 is 26.8 Å². The van der Waals surface area contributed by atoms with Gasteiger partial charge in [-0.2, -0.15) is 0 Å². The molecule has 118 valence electrons. The van der Waals surface area contributed by atoms with Crippen LogP contribution in [0.15, 0.2) is 62.7 Å². The second-order valence-electron chi connectivity index (χ2n) is 4.90. The zero-order chi connectivity index (χ0) is 16.4. The van der Waals surface area contributed by atoms with Gasteiger partial charge < -0.3 is 9.73 Å². The van der Waals surface area contributed by atoms with Crippen LogP contribution in [-0.2, 0) is 21.1 Å². The lowest BCUT2D eigenvalue weighted by Crippen LogP contribution is -2.19. The molecule has 1 N–H and O–H groups in total. The molecule has 0 spiro atoms. The monoisotopic (exact) mass is 330 g/mol. The summed E-state index contributed by atoms with van der Waals surface area (Å²) in [5, 5.41) is 2.48. The van der Waals surface area contributed by atoms with Crippen molar-refractivity contribution in [3.8, 4) is 0 Å². The highest BCUT2D eigenvalue weighted by Gasteiger charge is 2.19. The van der Waals surface area contributed by atoms with Crippen LogP contribution in [0.5, 0.6) is 0 Å². The normalized spacial score (nSPS) is 11.5. The zero-order valence-electron chi connectivity index (χ0n) is 12.3. The molecule has 2 aromatic carbocycles. The average Bonchev–Trinajstić information content (AvgIpc) is 2.96. The van der Waals surface area contributed by atoms with Gasteiger partial charge >= 0.3 is 0 Å². The Hall–Kier alpha value is -2.67. The molecule has 0 saturated heterocycles. The second kappa shape index (κ2) is 5.85. The summed E-state index contributed by atoms with van der Waals surface area (Å²) in [7, 11) is -2.09. The van der Waals surface area contributed by atoms with Crippen LogP contribution < -0.4 is 5.32 Å². The Balaban J connectivity index is 2.02. The van der Waals surface area contributed by atoms with Crippen molar-refractivity contribution in [3.05, 3.63) is 54.4 Å². The van der Waals surface area contributed by atoms with Gasteiger partial charge in [0, 0.05) is 7.05 Å². The fourth-order valence-electron chi connectivity index (χ4n) is 2.16. The first-order valence-electron chi connectivity index (χ1n) is 6.91. The van der Waals surface area contributed by atoms with Crippen LogP contribution in [-0.4, -0.2) is 26.4 Å². The maximum absolute atomic E-state index is 12.6. The lowest BCUT2D eigenvalue weighted by molar-refractivity contribution is -0.120. The van der Waals surface area contributed by atoms with Crippen LogP contribution in [0.25, 0.3) is 11.1 Å². The SMILES string of the molecule is CNC(=O)Cc1nc2cc(S(=O)(=O)c3ccccc3)ccc2o1. The van der Waals surface area contributed by atoms with E-state index in [4.69, 9.17) is 4.42 Å². The number of aromatic nitrogens is 1. The Morgan fingerprint density at radius 2 is 1.87 bits per heavy atom. The number of rotatable bonds is 4. The molecule has 0 atom stereocenters. The summed E-state index contributed by atoms with van der Waals surface area (Å²) in [6.07, 6.45) is 0.00590. The van der Waals surface area contributed by atoms with E-state index in [0.29, 0.717) is 11.1 Å². The summed E-state index contributed by atoms with van der Waals surface area (Å²) in [5.74, 6) is 0.0160. The smallest absolute Gasteiger partial charge is 0.229 e. The molecule has 0 saturated carbocycles. The molecule has 23 heavy (non-hydrogen) atoms. The Morgan fingerprint density at radius 1 is 1.13 bits per heavy atom. The van der Waals surface area contributed by atoms with Crippen molar-refractivity contribution in [2.45, 2.75) is 16.2 Å². The molecule has 0 unspecified atom stereocenters. The lowest BCUT2D eigenvalue weighted by Gasteiger charge is -2.03. The molecule has 1 amide bonds. The number of nitrogens with zero attached hydrogens (tertiary/aromatic N) is 1. The molecule has 0 fully saturated rings. The minimum Gasteiger partial charge on any atom is -0.440 e. The third-order valence-electron chi connectivity index (χ3n) is 3.36. The molecular formula is C16H14N2O4S. The van der Waals surface area contributed by atoms with Gasteiger partial charge in [-0.1, -0.05) is 18.2 Å². The van der Waals surface area contributed by atoms with E-state index in [2.05, 4.69) is 10.3 Å². The first-order chi connectivity index (χ1) is 11.0. The molecule has 0 bridgehead atoms. The minimum atomic E-state index is -3.61. The molecule has 7 heteroatoms. The molecule has 1 aromatic heterocycles. The topological polar surface area (TPSA) is 89.3 Å². The van der Waals surface area contributed by atoms with Gasteiger partial charge in [-0.15, -0.1) is 0 Å². The van der Waals surface area contributed by atoms with E-state index < -0.39 is 9.84 Å². The summed E-state index contributed by atoms with van der Waals surface area (Å²) >= 11 is 0. The van der Waals surface area contributed by atoms with E-state index in [1.54, 1.807) is 36.4 Å². The van der Waals surface area contributed by atoms with E-state index >= 15 is 0 Å². The van der Waals surface area contributed by atoms with Gasteiger partial charge in [0.25, 0.3) is 0 Å². The molecule has 3 rings (SSSR count). The molecular weight excluding hydrogens is 316 g/mol. The van der Waals surface area contributed by atoms with Crippen LogP contribution in [0.4, 0.5) is 0 Å². The number of nitrogens with one attached hydrogen (secondary N) is 1. The first-order valence-corrected chi connectivity index (χ1v) is 8.39. The number of amides is 1. The number of benzene rings is 2. The Morgan fingerprint density at radius 3 is 2.57 bits per heavy atom. The Bertz CT molecular complexity index is 962. The van der Waals surface area contributed by atoms with Crippen molar-refractivity contribution < 1.29 is 17.6 Å². The van der Waals surface area contributed by atoms with Crippen molar-refractivity contribution in [2.75, 3.05) is 7.05 Å². The average molecular weight is 330 g/mol. The fraction of sp³-hybridized carbons (Fsp3) is 0.125. The van der Waals surface area contributed by atoms with E-state index in [1.807, 2.05) is 0 Å². The predicted molar refractivity (Wildman–Crippen MR) is 83.7 cm³/mol. The van der Waals surface area contributed by atoms with Gasteiger partial charge in [0.2, 0.25) is 21.6 Å². The van der Waals surface area contributed by atoms with Gasteiger partial charge in [0.1, 0.15) is 11.9 Å². The highest BCUT2D eigenvalue weighted by atomic mass is 32.2. The molecule has 3 aromatic rings. The van der Waals surface area contributed by atoms with Crippen molar-refractivity contribution in [3.63, 3.8) is 0 Å². The summed E-state index contributed by atoms with van der Waals surface area (Å²) < 4.78 is 30.6. The minimum absolute atomic E-state index is 0.00590. The fourth-order valence-corrected chi connectivity index (χ4v) is 3.46. The number of sulfone groups is 1. The summed E-state index contributed by atoms with van der Waals surface area (Å²) in [4.78, 5) is 15.9. The quantitative estimate of drug-likeness (QED) is 0.790. The van der Waals surface area contributed by atoms with Gasteiger partial charge in [-0.25, -0.2) is 13.4 Å². The third kappa shape index (κ3) is 2.95. The van der Waals surface area contributed by atoms with Crippen LogP contribution in [0.3, 0.4) is 0 Å². The van der Waals surface area contributed by atoms with Gasteiger partial charge in [0.15, 0.2) is 5.58 Å². The van der Waals surface area contributed by atoms with Crippen LogP contribution >= 0.6 is 0 Å². The molecule has 0 aliphatic heterocycles. The highest BCUT2D eigenvalue weighted by Crippen LogP contribution is 2.25. The van der Waals surface area contributed by atoms with E-state index in [-0.39, 0.29) is 28.0 Å². The van der Waals surface area contributed by atoms with Crippen molar-refractivity contribution in [1.82, 2.24) is 10.3 Å². The molecule has 0 aliphatic rings. The largest absolute Gasteiger partial charge is 0.440 e. The molecule has 6 nitrogen and oxygen atoms in total. The number of carbonyl (C=O) groups is 1. The number of hydrogen-bond donors (Lipinski definition) is 1. The number of oxazole rings is 1. The maximum atomic E-state index is 12.6. The van der Waals surface area contributed by atoms with Gasteiger partial charge in [-0.05, 0) is 30.3 Å². The number of hydrogen-bond acceptors (Lipinski definition) is 5. The van der Waals surface area contributed by atoms with Crippen LogP contribution in [0.1, 0.15) is 5.89 Å². The lowest BCUT2D eigenvalue weighted by atomic mass is 10.3. The zero-order valence-corrected chi connectivity index (χ0v) is 13.1. The van der Waals surface area contributed by atoms with E-state index in [1.165, 1.54) is 19.2 Å². The summed E-state index contributed by atoms with van der Waals surface area (Å²) in [6, 6.07) is 12.6. The number of fused-ring (bicyclic) bond motifs is 1.